The van der Waals surface area contributed by atoms with Crippen molar-refractivity contribution in [3.8, 4) is 0 Å². The smallest absolute Gasteiger partial charge is 0.309 e. The lowest BCUT2D eigenvalue weighted by Crippen LogP contribution is -2.79. The molecule has 0 bridgehead atoms. The summed E-state index contributed by atoms with van der Waals surface area (Å²) in [4.78, 5) is 41.1. The Kier molecular flexibility index (Phi) is 7.81. The molecule has 8 atom stereocenters. The molecule has 0 aromatic heterocycles. The highest BCUT2D eigenvalue weighted by atomic mass is 16.6. The van der Waals surface area contributed by atoms with E-state index in [1.54, 1.807) is 6.92 Å². The van der Waals surface area contributed by atoms with Gasteiger partial charge >= 0.3 is 5.97 Å². The molecule has 0 aromatic rings. The van der Waals surface area contributed by atoms with Gasteiger partial charge < -0.3 is 25.0 Å². The number of Topliss-reactive ketones (excluding diaryl/α,β-unsaturated/α-hetero) is 2. The van der Waals surface area contributed by atoms with Gasteiger partial charge in [-0.1, -0.05) is 26.0 Å². The van der Waals surface area contributed by atoms with E-state index < -0.39 is 64.2 Å². The zero-order valence-electron chi connectivity index (χ0n) is 23.0. The fourth-order valence-electron chi connectivity index (χ4n) is 8.35. The predicted octanol–water partition coefficient (Wildman–Crippen LogP) is 2.80. The van der Waals surface area contributed by atoms with Crippen LogP contribution in [0.5, 0.6) is 0 Å². The summed E-state index contributed by atoms with van der Waals surface area (Å²) in [6.07, 6.45) is 0.578. The molecule has 4 fully saturated rings. The van der Waals surface area contributed by atoms with Gasteiger partial charge in [-0.25, -0.2) is 0 Å². The normalized spacial score (nSPS) is 41.9. The molecule has 1 heterocycles. The van der Waals surface area contributed by atoms with Crippen molar-refractivity contribution in [2.24, 2.45) is 40.4 Å². The second-order valence-corrected chi connectivity index (χ2v) is 12.5. The molecule has 8 heteroatoms. The average Bonchev–Trinajstić information content (AvgIpc) is 2.84. The number of ketones is 2. The maximum absolute atomic E-state index is 14.0. The highest BCUT2D eigenvalue weighted by Crippen LogP contribution is 2.66. The molecule has 0 radical (unpaired) electrons. The number of rotatable bonds is 6. The minimum Gasteiger partial charge on any atom is -0.460 e. The van der Waals surface area contributed by atoms with Crippen molar-refractivity contribution >= 4 is 17.5 Å². The molecular weight excluding hydrogens is 474 g/mol. The molecule has 208 valence electrons. The first kappa shape index (κ1) is 28.4. The number of aliphatic hydroxyl groups is 2. The van der Waals surface area contributed by atoms with Crippen molar-refractivity contribution in [2.75, 3.05) is 19.7 Å². The van der Waals surface area contributed by atoms with Crippen molar-refractivity contribution in [1.82, 2.24) is 5.32 Å². The largest absolute Gasteiger partial charge is 0.460 e. The highest BCUT2D eigenvalue weighted by molar-refractivity contribution is 5.90. The SMILES string of the molecule is C=C(C)[C@@H]1CC[C@H]2C3C(=O)CCC(C)(C)[C@H]3[C@H](O)C(O)(OCC)[C@@]2(C(C)=O)[C@@H]1OC(=O)C1CCNCC1. The van der Waals surface area contributed by atoms with E-state index in [9.17, 15) is 24.6 Å². The Morgan fingerprint density at radius 3 is 2.35 bits per heavy atom. The first-order chi connectivity index (χ1) is 17.3. The van der Waals surface area contributed by atoms with Crippen LogP contribution in [0.25, 0.3) is 0 Å². The Bertz CT molecular complexity index is 941. The number of fused-ring (bicyclic) bond motifs is 3. The number of ether oxygens (including phenoxy) is 2. The van der Waals surface area contributed by atoms with Crippen LogP contribution < -0.4 is 5.32 Å². The van der Waals surface area contributed by atoms with Crippen LogP contribution in [-0.4, -0.2) is 65.4 Å². The van der Waals surface area contributed by atoms with Gasteiger partial charge in [-0.3, -0.25) is 14.4 Å². The first-order valence-electron chi connectivity index (χ1n) is 14.0. The Hall–Kier alpha value is -1.61. The van der Waals surface area contributed by atoms with Crippen molar-refractivity contribution in [1.29, 1.82) is 0 Å². The molecule has 8 nitrogen and oxygen atoms in total. The molecule has 4 rings (SSSR count). The van der Waals surface area contributed by atoms with E-state index in [0.717, 1.165) is 5.57 Å². The quantitative estimate of drug-likeness (QED) is 0.278. The van der Waals surface area contributed by atoms with Crippen LogP contribution in [0.2, 0.25) is 0 Å². The van der Waals surface area contributed by atoms with Crippen molar-refractivity contribution in [3.05, 3.63) is 12.2 Å². The maximum Gasteiger partial charge on any atom is 0.309 e. The predicted molar refractivity (Wildman–Crippen MR) is 137 cm³/mol. The number of esters is 1. The lowest BCUT2D eigenvalue weighted by Gasteiger charge is -2.67. The zero-order valence-corrected chi connectivity index (χ0v) is 23.0. The summed E-state index contributed by atoms with van der Waals surface area (Å²) in [5.41, 5.74) is -1.54. The van der Waals surface area contributed by atoms with Gasteiger partial charge in [0.05, 0.1) is 5.92 Å². The first-order valence-corrected chi connectivity index (χ1v) is 14.0. The zero-order chi connectivity index (χ0) is 27.3. The third-order valence-electron chi connectivity index (χ3n) is 10.1. The molecule has 3 saturated carbocycles. The van der Waals surface area contributed by atoms with Gasteiger partial charge in [0.25, 0.3) is 0 Å². The fraction of sp³-hybridized carbons (Fsp3) is 0.828. The second kappa shape index (κ2) is 10.2. The van der Waals surface area contributed by atoms with Crippen LogP contribution in [-0.2, 0) is 23.9 Å². The Labute approximate surface area is 220 Å². The lowest BCUT2D eigenvalue weighted by atomic mass is 9.40. The summed E-state index contributed by atoms with van der Waals surface area (Å²) in [6.45, 7) is 14.5. The monoisotopic (exact) mass is 519 g/mol. The van der Waals surface area contributed by atoms with Gasteiger partial charge in [0.2, 0.25) is 5.79 Å². The topological polar surface area (TPSA) is 122 Å². The molecule has 3 N–H and O–H groups in total. The van der Waals surface area contributed by atoms with Crippen LogP contribution in [0.15, 0.2) is 12.2 Å². The minimum absolute atomic E-state index is 0.00486. The van der Waals surface area contributed by atoms with Gasteiger partial charge in [0, 0.05) is 30.8 Å². The number of aliphatic hydroxyl groups excluding tert-OH is 1. The van der Waals surface area contributed by atoms with Gasteiger partial charge in [-0.2, -0.15) is 0 Å². The molecule has 4 aliphatic rings. The molecule has 1 aliphatic heterocycles. The standard InChI is InChI=1S/C29H45NO7/c1-7-36-29(35)24(33)23-22(21(32)10-13-27(23,5)6)20-9-8-19(16(2)3)25(28(20,29)17(4)31)37-26(34)18-11-14-30-15-12-18/h18-20,22-25,30,33,35H,2,7-15H2,1,3-6H3/t19-,20-,22?,23+,24-,25+,28+,29?/m0/s1. The summed E-state index contributed by atoms with van der Waals surface area (Å²) < 4.78 is 12.3. The fourth-order valence-corrected chi connectivity index (χ4v) is 8.35. The maximum atomic E-state index is 14.0. The van der Waals surface area contributed by atoms with Crippen molar-refractivity contribution < 1.29 is 34.1 Å². The van der Waals surface area contributed by atoms with E-state index in [0.29, 0.717) is 51.6 Å². The molecule has 3 aliphatic carbocycles. The minimum atomic E-state index is -2.33. The van der Waals surface area contributed by atoms with Gasteiger partial charge in [-0.05, 0) is 77.3 Å². The summed E-state index contributed by atoms with van der Waals surface area (Å²) in [6, 6.07) is 0. The van der Waals surface area contributed by atoms with Crippen LogP contribution in [0, 0.1) is 40.4 Å². The molecular formula is C29H45NO7. The lowest BCUT2D eigenvalue weighted by molar-refractivity contribution is -0.381. The molecule has 0 spiro atoms. The Morgan fingerprint density at radius 1 is 1.14 bits per heavy atom. The number of carbonyl (C=O) groups excluding carboxylic acids is 3. The van der Waals surface area contributed by atoms with E-state index in [1.165, 1.54) is 6.92 Å². The Balaban J connectivity index is 1.92. The average molecular weight is 520 g/mol. The van der Waals surface area contributed by atoms with Crippen molar-refractivity contribution in [3.63, 3.8) is 0 Å². The van der Waals surface area contributed by atoms with Crippen molar-refractivity contribution in [2.45, 2.75) is 91.1 Å². The number of carbonyl (C=O) groups is 3. The summed E-state index contributed by atoms with van der Waals surface area (Å²) >= 11 is 0. The summed E-state index contributed by atoms with van der Waals surface area (Å²) in [5.74, 6) is -5.80. The summed E-state index contributed by atoms with van der Waals surface area (Å²) in [5, 5.41) is 27.7. The van der Waals surface area contributed by atoms with E-state index in [2.05, 4.69) is 11.9 Å². The number of nitrogens with one attached hydrogen (secondary N) is 1. The van der Waals surface area contributed by atoms with Crippen LogP contribution in [0.3, 0.4) is 0 Å². The number of hydrogen-bond donors (Lipinski definition) is 3. The summed E-state index contributed by atoms with van der Waals surface area (Å²) in [7, 11) is 0. The second-order valence-electron chi connectivity index (χ2n) is 12.5. The van der Waals surface area contributed by atoms with Gasteiger partial charge in [0.1, 0.15) is 29.2 Å². The number of hydrogen-bond acceptors (Lipinski definition) is 8. The van der Waals surface area contributed by atoms with Crippen LogP contribution in [0.1, 0.15) is 73.1 Å². The van der Waals surface area contributed by atoms with Gasteiger partial charge in [-0.15, -0.1) is 0 Å². The van der Waals surface area contributed by atoms with Crippen LogP contribution >= 0.6 is 0 Å². The molecule has 2 unspecified atom stereocenters. The molecule has 37 heavy (non-hydrogen) atoms. The van der Waals surface area contributed by atoms with Gasteiger partial charge in [0.15, 0.2) is 0 Å². The van der Waals surface area contributed by atoms with E-state index in [1.807, 2.05) is 20.8 Å². The van der Waals surface area contributed by atoms with E-state index >= 15 is 0 Å². The highest BCUT2D eigenvalue weighted by Gasteiger charge is 2.78. The third kappa shape index (κ3) is 4.23. The van der Waals surface area contributed by atoms with E-state index in [-0.39, 0.29) is 18.3 Å². The Morgan fingerprint density at radius 2 is 1.78 bits per heavy atom. The molecule has 1 saturated heterocycles. The number of piperidine rings is 1. The molecule has 0 aromatic carbocycles. The molecule has 0 amide bonds. The third-order valence-corrected chi connectivity index (χ3v) is 10.1. The van der Waals surface area contributed by atoms with E-state index in [4.69, 9.17) is 9.47 Å². The van der Waals surface area contributed by atoms with Crippen LogP contribution in [0.4, 0.5) is 0 Å².